The summed E-state index contributed by atoms with van der Waals surface area (Å²) in [5, 5.41) is 48.8. The maximum atomic E-state index is 11.9. The number of anilines is 1. The predicted octanol–water partition coefficient (Wildman–Crippen LogP) is -3.71. The van der Waals surface area contributed by atoms with Gasteiger partial charge in [0.25, 0.3) is 0 Å². The predicted molar refractivity (Wildman–Crippen MR) is 87.2 cm³/mol. The third kappa shape index (κ3) is 4.12. The van der Waals surface area contributed by atoms with Gasteiger partial charge in [0.1, 0.15) is 42.6 Å². The van der Waals surface area contributed by atoms with Crippen LogP contribution in [0.2, 0.25) is 0 Å². The van der Waals surface area contributed by atoms with Crippen molar-refractivity contribution >= 4 is 5.82 Å². The number of nitrogens with two attached hydrogens (primary N) is 1. The quantitative estimate of drug-likeness (QED) is 0.290. The fraction of sp³-hybridized carbons (Fsp3) is 0.733. The molecule has 0 bridgehead atoms. The van der Waals surface area contributed by atoms with Gasteiger partial charge < -0.3 is 45.5 Å². The number of aliphatic hydroxyl groups excluding tert-OH is 5. The lowest BCUT2D eigenvalue weighted by atomic mass is 9.99. The molecule has 0 radical (unpaired) electrons. The van der Waals surface area contributed by atoms with Gasteiger partial charge in [0.2, 0.25) is 0 Å². The lowest BCUT2D eigenvalue weighted by molar-refractivity contribution is -0.306. The van der Waals surface area contributed by atoms with Gasteiger partial charge >= 0.3 is 5.69 Å². The third-order valence-electron chi connectivity index (χ3n) is 4.64. The fourth-order valence-electron chi connectivity index (χ4n) is 3.08. The monoisotopic (exact) mass is 389 g/mol. The number of hydrogen-bond acceptors (Lipinski definition) is 11. The van der Waals surface area contributed by atoms with Crippen molar-refractivity contribution in [3.63, 3.8) is 0 Å². The molecule has 2 fully saturated rings. The van der Waals surface area contributed by atoms with Crippen LogP contribution in [0.3, 0.4) is 0 Å². The molecule has 12 heteroatoms. The Morgan fingerprint density at radius 3 is 2.59 bits per heavy atom. The Hall–Kier alpha value is -1.64. The minimum Gasteiger partial charge on any atom is -0.394 e. The highest BCUT2D eigenvalue weighted by Crippen LogP contribution is 2.29. The summed E-state index contributed by atoms with van der Waals surface area (Å²) in [6.45, 7) is -0.806. The van der Waals surface area contributed by atoms with Crippen LogP contribution < -0.4 is 11.4 Å². The first kappa shape index (κ1) is 20.1. The summed E-state index contributed by atoms with van der Waals surface area (Å²) in [7, 11) is 0. The standard InChI is InChI=1S/C15H23N3O9/c16-9-1-2-18(15(24)17-9)10-3-6(20)8(26-10)5-25-14-13(23)12(22)11(21)7(4-19)27-14/h1-2,6-8,10-14,19-23H,3-5H2,(H2,16,17,24)/t6-,7?,8+,10+,11?,12?,13?,14+/m0/s1. The summed E-state index contributed by atoms with van der Waals surface area (Å²) in [5.74, 6) is 0.0669. The zero-order valence-electron chi connectivity index (χ0n) is 14.2. The highest BCUT2D eigenvalue weighted by Gasteiger charge is 2.45. The highest BCUT2D eigenvalue weighted by molar-refractivity contribution is 5.23. The van der Waals surface area contributed by atoms with Gasteiger partial charge in [0, 0.05) is 12.6 Å². The molecule has 4 unspecified atom stereocenters. The first-order valence-corrected chi connectivity index (χ1v) is 8.42. The molecule has 0 spiro atoms. The van der Waals surface area contributed by atoms with Crippen LogP contribution in [0.25, 0.3) is 0 Å². The van der Waals surface area contributed by atoms with Crippen molar-refractivity contribution in [2.24, 2.45) is 0 Å². The molecule has 152 valence electrons. The summed E-state index contributed by atoms with van der Waals surface area (Å²) in [5.41, 5.74) is 4.82. The molecule has 7 N–H and O–H groups in total. The van der Waals surface area contributed by atoms with Crippen LogP contribution in [-0.4, -0.2) is 91.2 Å². The van der Waals surface area contributed by atoms with E-state index in [0.717, 1.165) is 0 Å². The summed E-state index contributed by atoms with van der Waals surface area (Å²) in [6.07, 6.45) is -8.13. The molecule has 0 aliphatic carbocycles. The number of aromatic nitrogens is 2. The van der Waals surface area contributed by atoms with Gasteiger partial charge in [0.15, 0.2) is 6.29 Å². The normalized spacial score (nSPS) is 39.6. The van der Waals surface area contributed by atoms with Crippen molar-refractivity contribution in [3.8, 4) is 0 Å². The lowest BCUT2D eigenvalue weighted by Gasteiger charge is -2.39. The van der Waals surface area contributed by atoms with Crippen LogP contribution in [0.1, 0.15) is 12.6 Å². The maximum Gasteiger partial charge on any atom is 0.351 e. The Morgan fingerprint density at radius 2 is 1.93 bits per heavy atom. The molecule has 0 aromatic carbocycles. The van der Waals surface area contributed by atoms with E-state index >= 15 is 0 Å². The summed E-state index contributed by atoms with van der Waals surface area (Å²) < 4.78 is 17.4. The maximum absolute atomic E-state index is 11.9. The van der Waals surface area contributed by atoms with E-state index in [9.17, 15) is 25.2 Å². The van der Waals surface area contributed by atoms with Gasteiger partial charge in [-0.1, -0.05) is 0 Å². The Kier molecular flexibility index (Phi) is 6.08. The SMILES string of the molecule is Nc1ccn([C@H]2C[C@H](O)[C@@H](CO[C@@H]3OC(CO)C(O)C(O)C3O)O2)c(=O)n1. The van der Waals surface area contributed by atoms with Crippen molar-refractivity contribution in [1.29, 1.82) is 0 Å². The second kappa shape index (κ2) is 8.16. The largest absolute Gasteiger partial charge is 0.394 e. The van der Waals surface area contributed by atoms with Gasteiger partial charge in [-0.05, 0) is 6.07 Å². The van der Waals surface area contributed by atoms with Crippen LogP contribution in [0, 0.1) is 0 Å². The Balaban J connectivity index is 1.60. The molecule has 1 aromatic rings. The smallest absolute Gasteiger partial charge is 0.351 e. The Labute approximate surface area is 153 Å². The van der Waals surface area contributed by atoms with Gasteiger partial charge in [-0.15, -0.1) is 0 Å². The number of hydrogen-bond donors (Lipinski definition) is 6. The van der Waals surface area contributed by atoms with E-state index in [-0.39, 0.29) is 18.8 Å². The zero-order chi connectivity index (χ0) is 19.7. The van der Waals surface area contributed by atoms with Crippen molar-refractivity contribution in [1.82, 2.24) is 9.55 Å². The average molecular weight is 389 g/mol. The van der Waals surface area contributed by atoms with Crippen molar-refractivity contribution < 1.29 is 39.7 Å². The molecule has 12 nitrogen and oxygen atoms in total. The molecule has 8 atom stereocenters. The van der Waals surface area contributed by atoms with E-state index in [1.165, 1.54) is 16.8 Å². The first-order valence-electron chi connectivity index (χ1n) is 8.42. The van der Waals surface area contributed by atoms with Crippen LogP contribution in [0.4, 0.5) is 5.82 Å². The number of nitrogens with zero attached hydrogens (tertiary/aromatic N) is 2. The summed E-state index contributed by atoms with van der Waals surface area (Å²) >= 11 is 0. The van der Waals surface area contributed by atoms with E-state index in [4.69, 9.17) is 25.1 Å². The molecule has 0 amide bonds. The average Bonchev–Trinajstić information content (AvgIpc) is 2.99. The van der Waals surface area contributed by atoms with Crippen LogP contribution in [-0.2, 0) is 14.2 Å². The molecule has 27 heavy (non-hydrogen) atoms. The molecule has 3 heterocycles. The van der Waals surface area contributed by atoms with Crippen LogP contribution in [0.15, 0.2) is 17.1 Å². The Morgan fingerprint density at radius 1 is 1.19 bits per heavy atom. The van der Waals surface area contributed by atoms with Crippen molar-refractivity contribution in [2.75, 3.05) is 18.9 Å². The molecular weight excluding hydrogens is 366 g/mol. The topological polar surface area (TPSA) is 190 Å². The molecule has 2 aliphatic heterocycles. The number of nitrogen functional groups attached to an aromatic ring is 1. The van der Waals surface area contributed by atoms with Gasteiger partial charge in [-0.3, -0.25) is 4.57 Å². The van der Waals surface area contributed by atoms with E-state index in [1.807, 2.05) is 0 Å². The second-order valence-electron chi connectivity index (χ2n) is 6.51. The van der Waals surface area contributed by atoms with E-state index in [1.54, 1.807) is 0 Å². The fourth-order valence-corrected chi connectivity index (χ4v) is 3.08. The molecule has 2 aliphatic rings. The molecule has 1 aromatic heterocycles. The molecule has 3 rings (SSSR count). The zero-order valence-corrected chi connectivity index (χ0v) is 14.2. The molecule has 2 saturated heterocycles. The van der Waals surface area contributed by atoms with E-state index in [2.05, 4.69) is 4.98 Å². The lowest BCUT2D eigenvalue weighted by Crippen LogP contribution is -2.59. The van der Waals surface area contributed by atoms with Crippen LogP contribution in [0.5, 0.6) is 0 Å². The highest BCUT2D eigenvalue weighted by atomic mass is 16.7. The van der Waals surface area contributed by atoms with Gasteiger partial charge in [-0.2, -0.15) is 4.98 Å². The van der Waals surface area contributed by atoms with Gasteiger partial charge in [-0.25, -0.2) is 4.79 Å². The minimum absolute atomic E-state index is 0.0669. The van der Waals surface area contributed by atoms with Crippen molar-refractivity contribution in [2.45, 2.75) is 55.6 Å². The molecular formula is C15H23N3O9. The first-order chi connectivity index (χ1) is 12.8. The number of rotatable bonds is 5. The number of ether oxygens (including phenoxy) is 3. The van der Waals surface area contributed by atoms with E-state index in [0.29, 0.717) is 0 Å². The van der Waals surface area contributed by atoms with Crippen LogP contribution >= 0.6 is 0 Å². The van der Waals surface area contributed by atoms with Crippen molar-refractivity contribution in [3.05, 3.63) is 22.7 Å². The third-order valence-corrected chi connectivity index (χ3v) is 4.64. The number of aliphatic hydroxyl groups is 5. The summed E-state index contributed by atoms with van der Waals surface area (Å²) in [4.78, 5) is 15.5. The minimum atomic E-state index is -1.57. The molecule has 0 saturated carbocycles. The Bertz CT molecular complexity index is 699. The van der Waals surface area contributed by atoms with Gasteiger partial charge in [0.05, 0.1) is 19.3 Å². The van der Waals surface area contributed by atoms with E-state index < -0.39 is 61.4 Å². The summed E-state index contributed by atoms with van der Waals surface area (Å²) in [6, 6.07) is 1.43. The second-order valence-corrected chi connectivity index (χ2v) is 6.51.